The maximum absolute atomic E-state index is 9.01. The molecule has 0 saturated heterocycles. The Morgan fingerprint density at radius 3 is 2.28 bits per heavy atom. The summed E-state index contributed by atoms with van der Waals surface area (Å²) in [4.78, 5) is 0. The van der Waals surface area contributed by atoms with Gasteiger partial charge >= 0.3 is 0 Å². The fraction of sp³-hybridized carbons (Fsp3) is 0.625. The average Bonchev–Trinajstić information content (AvgIpc) is 2.40. The lowest BCUT2D eigenvalue weighted by molar-refractivity contribution is 0.248. The molecule has 18 heavy (non-hydrogen) atoms. The van der Waals surface area contributed by atoms with Crippen LogP contribution in [0.15, 0.2) is 24.3 Å². The maximum Gasteiger partial charge on any atom is 0.0434 e. The SMILES string of the molecule is CCCC(CCO)CNCc1ccc(CC)cc1. The first-order chi connectivity index (χ1) is 8.80. The lowest BCUT2D eigenvalue weighted by Crippen LogP contribution is -2.23. The standard InChI is InChI=1S/C16H27NO/c1-3-5-15(10-11-18)12-17-13-16-8-6-14(4-2)7-9-16/h6-9,15,17-18H,3-5,10-13H2,1-2H3. The summed E-state index contributed by atoms with van der Waals surface area (Å²) in [5.74, 6) is 0.606. The van der Waals surface area contributed by atoms with Crippen molar-refractivity contribution in [2.75, 3.05) is 13.2 Å². The number of rotatable bonds is 9. The molecule has 0 aliphatic rings. The van der Waals surface area contributed by atoms with Crippen molar-refractivity contribution in [1.29, 1.82) is 0 Å². The van der Waals surface area contributed by atoms with Gasteiger partial charge in [0.15, 0.2) is 0 Å². The summed E-state index contributed by atoms with van der Waals surface area (Å²) in [5.41, 5.74) is 2.73. The van der Waals surface area contributed by atoms with Gasteiger partial charge in [-0.3, -0.25) is 0 Å². The highest BCUT2D eigenvalue weighted by molar-refractivity contribution is 5.22. The van der Waals surface area contributed by atoms with Crippen molar-refractivity contribution in [2.45, 2.75) is 46.1 Å². The third-order valence-corrected chi connectivity index (χ3v) is 3.43. The highest BCUT2D eigenvalue weighted by Gasteiger charge is 2.06. The van der Waals surface area contributed by atoms with E-state index in [1.807, 2.05) is 0 Å². The molecular formula is C16H27NO. The molecule has 0 aliphatic carbocycles. The fourth-order valence-electron chi connectivity index (χ4n) is 2.25. The summed E-state index contributed by atoms with van der Waals surface area (Å²) in [7, 11) is 0. The van der Waals surface area contributed by atoms with Gasteiger partial charge in [0, 0.05) is 13.2 Å². The molecule has 0 aromatic heterocycles. The maximum atomic E-state index is 9.01. The lowest BCUT2D eigenvalue weighted by atomic mass is 10.00. The molecule has 0 amide bonds. The van der Waals surface area contributed by atoms with Crippen molar-refractivity contribution in [2.24, 2.45) is 5.92 Å². The zero-order valence-corrected chi connectivity index (χ0v) is 11.8. The molecule has 1 rings (SSSR count). The molecule has 0 radical (unpaired) electrons. The molecule has 0 bridgehead atoms. The van der Waals surface area contributed by atoms with Crippen LogP contribution >= 0.6 is 0 Å². The molecule has 0 spiro atoms. The first-order valence-electron chi connectivity index (χ1n) is 7.19. The molecular weight excluding hydrogens is 222 g/mol. The summed E-state index contributed by atoms with van der Waals surface area (Å²) in [6.45, 7) is 6.61. The minimum atomic E-state index is 0.303. The summed E-state index contributed by atoms with van der Waals surface area (Å²) in [6, 6.07) is 8.81. The molecule has 0 fully saturated rings. The molecule has 1 atom stereocenters. The van der Waals surface area contributed by atoms with E-state index in [0.717, 1.165) is 25.9 Å². The van der Waals surface area contributed by atoms with Crippen LogP contribution in [0, 0.1) is 5.92 Å². The van der Waals surface area contributed by atoms with E-state index < -0.39 is 0 Å². The van der Waals surface area contributed by atoms with Gasteiger partial charge in [-0.25, -0.2) is 0 Å². The molecule has 0 aliphatic heterocycles. The van der Waals surface area contributed by atoms with Gasteiger partial charge in [-0.15, -0.1) is 0 Å². The van der Waals surface area contributed by atoms with Crippen molar-refractivity contribution in [3.63, 3.8) is 0 Å². The second kappa shape index (κ2) is 9.12. The first-order valence-corrected chi connectivity index (χ1v) is 7.19. The van der Waals surface area contributed by atoms with E-state index in [-0.39, 0.29) is 0 Å². The van der Waals surface area contributed by atoms with Crippen LogP contribution in [0.4, 0.5) is 0 Å². The summed E-state index contributed by atoms with van der Waals surface area (Å²) < 4.78 is 0. The molecule has 2 N–H and O–H groups in total. The predicted molar refractivity (Wildman–Crippen MR) is 77.6 cm³/mol. The monoisotopic (exact) mass is 249 g/mol. The minimum absolute atomic E-state index is 0.303. The zero-order chi connectivity index (χ0) is 13.2. The second-order valence-corrected chi connectivity index (χ2v) is 4.97. The second-order valence-electron chi connectivity index (χ2n) is 4.97. The zero-order valence-electron chi connectivity index (χ0n) is 11.8. The van der Waals surface area contributed by atoms with Gasteiger partial charge in [0.2, 0.25) is 0 Å². The largest absolute Gasteiger partial charge is 0.396 e. The predicted octanol–water partition coefficient (Wildman–Crippen LogP) is 3.14. The van der Waals surface area contributed by atoms with Gasteiger partial charge in [-0.05, 0) is 42.9 Å². The van der Waals surface area contributed by atoms with Crippen molar-refractivity contribution < 1.29 is 5.11 Å². The smallest absolute Gasteiger partial charge is 0.0434 e. The Bertz CT molecular complexity index is 301. The van der Waals surface area contributed by atoms with Crippen LogP contribution in [0.3, 0.4) is 0 Å². The van der Waals surface area contributed by atoms with Crippen molar-refractivity contribution >= 4 is 0 Å². The molecule has 102 valence electrons. The van der Waals surface area contributed by atoms with E-state index in [9.17, 15) is 0 Å². The minimum Gasteiger partial charge on any atom is -0.396 e. The number of aryl methyl sites for hydroxylation is 1. The number of nitrogens with one attached hydrogen (secondary N) is 1. The van der Waals surface area contributed by atoms with Crippen LogP contribution < -0.4 is 5.32 Å². The molecule has 1 aromatic carbocycles. The Hall–Kier alpha value is -0.860. The van der Waals surface area contributed by atoms with Crippen LogP contribution in [0.25, 0.3) is 0 Å². The van der Waals surface area contributed by atoms with E-state index in [0.29, 0.717) is 12.5 Å². The van der Waals surface area contributed by atoms with Gasteiger partial charge in [-0.2, -0.15) is 0 Å². The third-order valence-electron chi connectivity index (χ3n) is 3.43. The lowest BCUT2D eigenvalue weighted by Gasteiger charge is -2.15. The van der Waals surface area contributed by atoms with Crippen molar-refractivity contribution in [3.8, 4) is 0 Å². The molecule has 2 heteroatoms. The summed E-state index contributed by atoms with van der Waals surface area (Å²) in [6.07, 6.45) is 4.40. The van der Waals surface area contributed by atoms with Gasteiger partial charge in [-0.1, -0.05) is 44.5 Å². The number of benzene rings is 1. The van der Waals surface area contributed by atoms with Crippen LogP contribution in [0.1, 0.15) is 44.2 Å². The summed E-state index contributed by atoms with van der Waals surface area (Å²) in [5, 5.41) is 12.5. The average molecular weight is 249 g/mol. The van der Waals surface area contributed by atoms with Gasteiger partial charge in [0.05, 0.1) is 0 Å². The molecule has 2 nitrogen and oxygen atoms in total. The highest BCUT2D eigenvalue weighted by atomic mass is 16.3. The van der Waals surface area contributed by atoms with Gasteiger partial charge in [0.1, 0.15) is 0 Å². The highest BCUT2D eigenvalue weighted by Crippen LogP contribution is 2.10. The van der Waals surface area contributed by atoms with Gasteiger partial charge in [0.25, 0.3) is 0 Å². The fourth-order valence-corrected chi connectivity index (χ4v) is 2.25. The summed E-state index contributed by atoms with van der Waals surface area (Å²) >= 11 is 0. The number of aliphatic hydroxyl groups is 1. The number of hydrogen-bond donors (Lipinski definition) is 2. The molecule has 1 aromatic rings. The van der Waals surface area contributed by atoms with Crippen LogP contribution in [0.2, 0.25) is 0 Å². The number of hydrogen-bond acceptors (Lipinski definition) is 2. The van der Waals surface area contributed by atoms with E-state index in [1.165, 1.54) is 24.0 Å². The van der Waals surface area contributed by atoms with E-state index >= 15 is 0 Å². The topological polar surface area (TPSA) is 32.3 Å². The molecule has 0 saturated carbocycles. The Balaban J connectivity index is 2.30. The Morgan fingerprint density at radius 2 is 1.72 bits per heavy atom. The van der Waals surface area contributed by atoms with Gasteiger partial charge < -0.3 is 10.4 Å². The number of aliphatic hydroxyl groups excluding tert-OH is 1. The van der Waals surface area contributed by atoms with Crippen LogP contribution in [0.5, 0.6) is 0 Å². The quantitative estimate of drug-likeness (QED) is 0.704. The molecule has 0 heterocycles. The Morgan fingerprint density at radius 1 is 1.06 bits per heavy atom. The normalized spacial score (nSPS) is 12.6. The van der Waals surface area contributed by atoms with E-state index in [2.05, 4.69) is 43.4 Å². The van der Waals surface area contributed by atoms with Crippen LogP contribution in [-0.2, 0) is 13.0 Å². The Kier molecular flexibility index (Phi) is 7.70. The van der Waals surface area contributed by atoms with E-state index in [4.69, 9.17) is 5.11 Å². The van der Waals surface area contributed by atoms with E-state index in [1.54, 1.807) is 0 Å². The van der Waals surface area contributed by atoms with Crippen LogP contribution in [-0.4, -0.2) is 18.3 Å². The Labute approximate surface area is 111 Å². The first kappa shape index (κ1) is 15.2. The van der Waals surface area contributed by atoms with Crippen molar-refractivity contribution in [1.82, 2.24) is 5.32 Å². The van der Waals surface area contributed by atoms with Crippen molar-refractivity contribution in [3.05, 3.63) is 35.4 Å². The molecule has 1 unspecified atom stereocenters. The third kappa shape index (κ3) is 5.65.